The van der Waals surface area contributed by atoms with Crippen molar-refractivity contribution in [3.63, 3.8) is 0 Å². The van der Waals surface area contributed by atoms with Crippen molar-refractivity contribution in [3.8, 4) is 0 Å². The van der Waals surface area contributed by atoms with Crippen LogP contribution < -0.4 is 5.32 Å². The summed E-state index contributed by atoms with van der Waals surface area (Å²) < 4.78 is 39.1. The number of hydrogen-bond donors (Lipinski definition) is 1. The molecule has 3 heterocycles. The van der Waals surface area contributed by atoms with E-state index in [1.54, 1.807) is 23.3 Å². The Morgan fingerprint density at radius 1 is 1.04 bits per heavy atom. The maximum Gasteiger partial charge on any atom is 0.417 e. The van der Waals surface area contributed by atoms with Crippen LogP contribution in [0.4, 0.5) is 24.7 Å². The van der Waals surface area contributed by atoms with Crippen molar-refractivity contribution in [1.29, 1.82) is 0 Å². The van der Waals surface area contributed by atoms with Gasteiger partial charge in [-0.3, -0.25) is 9.67 Å². The summed E-state index contributed by atoms with van der Waals surface area (Å²) in [7, 11) is 0. The molecule has 3 aromatic heterocycles. The topological polar surface area (TPSA) is 55.6 Å². The van der Waals surface area contributed by atoms with Crippen LogP contribution in [0.2, 0.25) is 0 Å². The highest BCUT2D eigenvalue weighted by atomic mass is 19.4. The Labute approximate surface area is 129 Å². The van der Waals surface area contributed by atoms with Crippen LogP contribution >= 0.6 is 0 Å². The van der Waals surface area contributed by atoms with Crippen LogP contribution in [-0.2, 0) is 12.7 Å². The lowest BCUT2D eigenvalue weighted by atomic mass is 10.3. The monoisotopic (exact) mass is 319 g/mol. The number of hydrogen-bond acceptors (Lipinski definition) is 4. The fraction of sp³-hybridized carbons (Fsp3) is 0.133. The van der Waals surface area contributed by atoms with E-state index in [-0.39, 0.29) is 0 Å². The zero-order valence-electron chi connectivity index (χ0n) is 11.8. The summed E-state index contributed by atoms with van der Waals surface area (Å²) >= 11 is 0. The molecule has 23 heavy (non-hydrogen) atoms. The third-order valence-electron chi connectivity index (χ3n) is 3.05. The van der Waals surface area contributed by atoms with E-state index in [1.165, 1.54) is 6.07 Å². The molecular weight excluding hydrogens is 307 g/mol. The van der Waals surface area contributed by atoms with Crippen molar-refractivity contribution in [2.45, 2.75) is 12.7 Å². The molecule has 0 aliphatic carbocycles. The lowest BCUT2D eigenvalue weighted by molar-refractivity contribution is -0.137. The third-order valence-corrected chi connectivity index (χ3v) is 3.05. The zero-order valence-corrected chi connectivity index (χ0v) is 11.8. The fourth-order valence-electron chi connectivity index (χ4n) is 1.96. The summed E-state index contributed by atoms with van der Waals surface area (Å²) in [6.45, 7) is 0.503. The number of pyridine rings is 2. The molecule has 0 amide bonds. The first-order valence-corrected chi connectivity index (χ1v) is 6.73. The van der Waals surface area contributed by atoms with Gasteiger partial charge in [0.15, 0.2) is 0 Å². The predicted octanol–water partition coefficient (Wildman–Crippen LogP) is 3.48. The van der Waals surface area contributed by atoms with Crippen molar-refractivity contribution >= 4 is 11.5 Å². The van der Waals surface area contributed by atoms with Gasteiger partial charge in [-0.2, -0.15) is 18.3 Å². The maximum atomic E-state index is 12.5. The zero-order chi connectivity index (χ0) is 16.3. The minimum absolute atomic E-state index is 0.315. The summed E-state index contributed by atoms with van der Waals surface area (Å²) in [5.74, 6) is 0.315. The summed E-state index contributed by atoms with van der Waals surface area (Å²) in [4.78, 5) is 7.95. The van der Waals surface area contributed by atoms with E-state index < -0.39 is 11.7 Å². The van der Waals surface area contributed by atoms with E-state index in [2.05, 4.69) is 20.4 Å². The van der Waals surface area contributed by atoms with Gasteiger partial charge in [-0.05, 0) is 24.3 Å². The normalized spacial score (nSPS) is 11.4. The summed E-state index contributed by atoms with van der Waals surface area (Å²) in [5.41, 5.74) is 0.705. The molecule has 118 valence electrons. The number of nitrogens with one attached hydrogen (secondary N) is 1. The Hall–Kier alpha value is -2.90. The molecule has 1 N–H and O–H groups in total. The van der Waals surface area contributed by atoms with Crippen molar-refractivity contribution in [2.24, 2.45) is 0 Å². The second-order valence-electron chi connectivity index (χ2n) is 4.80. The van der Waals surface area contributed by atoms with Crippen molar-refractivity contribution < 1.29 is 13.2 Å². The van der Waals surface area contributed by atoms with E-state index in [0.29, 0.717) is 18.1 Å². The highest BCUT2D eigenvalue weighted by molar-refractivity contribution is 5.53. The van der Waals surface area contributed by atoms with Gasteiger partial charge >= 0.3 is 6.18 Å². The first-order valence-electron chi connectivity index (χ1n) is 6.73. The molecule has 5 nitrogen and oxygen atoms in total. The highest BCUT2D eigenvalue weighted by Crippen LogP contribution is 2.29. The second-order valence-corrected chi connectivity index (χ2v) is 4.80. The van der Waals surface area contributed by atoms with Gasteiger partial charge < -0.3 is 5.32 Å². The average molecular weight is 319 g/mol. The Morgan fingerprint density at radius 3 is 2.57 bits per heavy atom. The standard InChI is InChI=1S/C15H12F3N5/c16-15(17,18)11-4-5-14(20-7-11)22-13-8-21-23(10-13)9-12-3-1-2-6-19-12/h1-8,10H,9H2,(H,20,22). The molecule has 0 fully saturated rings. The molecule has 0 saturated heterocycles. The quantitative estimate of drug-likeness (QED) is 0.800. The van der Waals surface area contributed by atoms with Crippen molar-refractivity contribution in [3.05, 3.63) is 66.4 Å². The van der Waals surface area contributed by atoms with Gasteiger partial charge in [0.05, 0.1) is 29.7 Å². The van der Waals surface area contributed by atoms with Crippen molar-refractivity contribution in [2.75, 3.05) is 5.32 Å². The number of nitrogens with zero attached hydrogens (tertiary/aromatic N) is 4. The smallest absolute Gasteiger partial charge is 0.338 e. The first-order chi connectivity index (χ1) is 11.0. The molecule has 3 rings (SSSR count). The van der Waals surface area contributed by atoms with Crippen molar-refractivity contribution in [1.82, 2.24) is 19.7 Å². The van der Waals surface area contributed by atoms with Gasteiger partial charge in [0, 0.05) is 18.6 Å². The molecular formula is C15H12F3N5. The lowest BCUT2D eigenvalue weighted by Crippen LogP contribution is -2.05. The van der Waals surface area contributed by atoms with E-state index in [4.69, 9.17) is 0 Å². The largest absolute Gasteiger partial charge is 0.417 e. The van der Waals surface area contributed by atoms with E-state index >= 15 is 0 Å². The van der Waals surface area contributed by atoms with Crippen LogP contribution in [0.25, 0.3) is 0 Å². The van der Waals surface area contributed by atoms with Gasteiger partial charge in [0.1, 0.15) is 5.82 Å². The van der Waals surface area contributed by atoms with Gasteiger partial charge in [-0.1, -0.05) is 6.07 Å². The lowest BCUT2D eigenvalue weighted by Gasteiger charge is -2.07. The molecule has 3 aromatic rings. The van der Waals surface area contributed by atoms with E-state index in [9.17, 15) is 13.2 Å². The van der Waals surface area contributed by atoms with Gasteiger partial charge in [-0.15, -0.1) is 0 Å². The first kappa shape index (κ1) is 15.0. The highest BCUT2D eigenvalue weighted by Gasteiger charge is 2.30. The number of halogens is 3. The Balaban J connectivity index is 1.67. The van der Waals surface area contributed by atoms with Crippen LogP contribution in [0.5, 0.6) is 0 Å². The van der Waals surface area contributed by atoms with Crippen LogP contribution in [0.1, 0.15) is 11.3 Å². The molecule has 0 aromatic carbocycles. The molecule has 0 bridgehead atoms. The predicted molar refractivity (Wildman–Crippen MR) is 78.1 cm³/mol. The van der Waals surface area contributed by atoms with Gasteiger partial charge in [0.25, 0.3) is 0 Å². The summed E-state index contributed by atoms with van der Waals surface area (Å²) in [5, 5.41) is 7.08. The SMILES string of the molecule is FC(F)(F)c1ccc(Nc2cnn(Cc3ccccn3)c2)nc1. The van der Waals surface area contributed by atoms with Crippen LogP contribution in [0.3, 0.4) is 0 Å². The summed E-state index contributed by atoms with van der Waals surface area (Å²) in [6, 6.07) is 7.85. The molecule has 8 heteroatoms. The summed E-state index contributed by atoms with van der Waals surface area (Å²) in [6.07, 6.45) is 1.40. The fourth-order valence-corrected chi connectivity index (χ4v) is 1.96. The van der Waals surface area contributed by atoms with Crippen LogP contribution in [0.15, 0.2) is 55.1 Å². The third kappa shape index (κ3) is 3.85. The van der Waals surface area contributed by atoms with Gasteiger partial charge in [0.2, 0.25) is 0 Å². The molecule has 0 saturated carbocycles. The Bertz CT molecular complexity index is 766. The Morgan fingerprint density at radius 2 is 1.91 bits per heavy atom. The Kier molecular flexibility index (Phi) is 3.96. The number of anilines is 2. The van der Waals surface area contributed by atoms with Crippen LogP contribution in [0, 0.1) is 0 Å². The number of aromatic nitrogens is 4. The van der Waals surface area contributed by atoms with E-state index in [0.717, 1.165) is 18.0 Å². The second kappa shape index (κ2) is 6.07. The minimum Gasteiger partial charge on any atom is -0.338 e. The van der Waals surface area contributed by atoms with Gasteiger partial charge in [-0.25, -0.2) is 4.98 Å². The number of alkyl halides is 3. The molecule has 0 radical (unpaired) electrons. The molecule has 0 spiro atoms. The van der Waals surface area contributed by atoms with Crippen LogP contribution in [-0.4, -0.2) is 19.7 Å². The maximum absolute atomic E-state index is 12.5. The average Bonchev–Trinajstić information content (AvgIpc) is 2.95. The molecule has 0 atom stereocenters. The molecule has 0 aliphatic heterocycles. The molecule has 0 aliphatic rings. The molecule has 0 unspecified atom stereocenters. The van der Waals surface area contributed by atoms with E-state index in [1.807, 2.05) is 18.2 Å². The minimum atomic E-state index is -4.39. The number of rotatable bonds is 4.